The Morgan fingerprint density at radius 3 is 2.11 bits per heavy atom. The number of carbonyl (C=O) groups is 6. The number of pyridine rings is 1. The highest BCUT2D eigenvalue weighted by Crippen LogP contribution is 2.35. The third kappa shape index (κ3) is 12.5. The molecular formula is C50H63N9O11. The van der Waals surface area contributed by atoms with Crippen molar-refractivity contribution in [3.63, 3.8) is 0 Å². The molecule has 1 unspecified atom stereocenters. The number of piperazine rings is 1. The van der Waals surface area contributed by atoms with Gasteiger partial charge in [-0.05, 0) is 49.1 Å². The molecule has 4 aliphatic rings. The van der Waals surface area contributed by atoms with Gasteiger partial charge in [0, 0.05) is 83.0 Å². The summed E-state index contributed by atoms with van der Waals surface area (Å²) < 4.78 is 30.2. The fraction of sp³-hybridized carbons (Fsp3) is 0.540. The second-order valence-corrected chi connectivity index (χ2v) is 18.1. The van der Waals surface area contributed by atoms with Crippen LogP contribution in [-0.4, -0.2) is 188 Å². The third-order valence-electron chi connectivity index (χ3n) is 13.1. The van der Waals surface area contributed by atoms with Crippen LogP contribution in [0.3, 0.4) is 0 Å². The first-order valence-corrected chi connectivity index (χ1v) is 24.3. The predicted molar refractivity (Wildman–Crippen MR) is 255 cm³/mol. The topological polar surface area (TPSA) is 217 Å². The van der Waals surface area contributed by atoms with Gasteiger partial charge >= 0.3 is 0 Å². The number of hydrogen-bond donors (Lipinski definition) is 1. The van der Waals surface area contributed by atoms with E-state index < -0.39 is 29.7 Å². The smallest absolute Gasteiger partial charge is 0.270 e. The lowest BCUT2D eigenvalue weighted by Gasteiger charge is -2.35. The Balaban J connectivity index is 0.623. The summed E-state index contributed by atoms with van der Waals surface area (Å²) in [6.45, 7) is 7.96. The van der Waals surface area contributed by atoms with Crippen molar-refractivity contribution < 1.29 is 52.5 Å². The van der Waals surface area contributed by atoms with Gasteiger partial charge in [-0.25, -0.2) is 9.97 Å². The van der Waals surface area contributed by atoms with Gasteiger partial charge in [-0.2, -0.15) is 0 Å². The minimum Gasteiger partial charge on any atom is -0.378 e. The molecule has 0 radical (unpaired) electrons. The van der Waals surface area contributed by atoms with Crippen molar-refractivity contribution in [3.8, 4) is 0 Å². The van der Waals surface area contributed by atoms with Gasteiger partial charge < -0.3 is 38.1 Å². The van der Waals surface area contributed by atoms with Crippen LogP contribution >= 0.6 is 0 Å². The number of hydrogen-bond acceptors (Lipinski definition) is 16. The summed E-state index contributed by atoms with van der Waals surface area (Å²) in [6, 6.07) is 9.99. The summed E-state index contributed by atoms with van der Waals surface area (Å²) in [7, 11) is 3.57. The maximum atomic E-state index is 13.3. The minimum atomic E-state index is -1.08. The molecule has 70 heavy (non-hydrogen) atoms. The van der Waals surface area contributed by atoms with Gasteiger partial charge in [0.25, 0.3) is 17.7 Å². The number of amides is 5. The molecule has 1 atom stereocenters. The Kier molecular flexibility index (Phi) is 17.4. The summed E-state index contributed by atoms with van der Waals surface area (Å²) in [5.41, 5.74) is 4.11. The number of imide groups is 2. The molecule has 4 aromatic rings. The first-order chi connectivity index (χ1) is 34.0. The van der Waals surface area contributed by atoms with Crippen molar-refractivity contribution >= 4 is 52.0 Å². The van der Waals surface area contributed by atoms with Gasteiger partial charge in [-0.3, -0.25) is 48.9 Å². The zero-order valence-corrected chi connectivity index (χ0v) is 40.1. The fourth-order valence-electron chi connectivity index (χ4n) is 9.41. The average Bonchev–Trinajstić information content (AvgIpc) is 4.08. The Morgan fingerprint density at radius 1 is 0.771 bits per heavy atom. The van der Waals surface area contributed by atoms with Crippen molar-refractivity contribution in [1.29, 1.82) is 0 Å². The van der Waals surface area contributed by atoms with Crippen LogP contribution in [0.5, 0.6) is 0 Å². The van der Waals surface area contributed by atoms with Crippen molar-refractivity contribution in [3.05, 3.63) is 82.7 Å². The molecule has 5 amide bonds. The van der Waals surface area contributed by atoms with Crippen LogP contribution in [0.15, 0.2) is 48.8 Å². The maximum Gasteiger partial charge on any atom is 0.270 e. The Bertz CT molecular complexity index is 2500. The molecule has 8 rings (SSSR count). The van der Waals surface area contributed by atoms with Crippen LogP contribution in [0.1, 0.15) is 92.9 Å². The van der Waals surface area contributed by atoms with Crippen LogP contribution in [0, 0.1) is 0 Å². The van der Waals surface area contributed by atoms with Gasteiger partial charge in [-0.1, -0.05) is 25.0 Å². The zero-order chi connectivity index (χ0) is 49.0. The number of carbonyl (C=O) groups excluding carboxylic acids is 6. The molecule has 6 heterocycles. The van der Waals surface area contributed by atoms with Gasteiger partial charge in [0.15, 0.2) is 5.78 Å². The highest BCUT2D eigenvalue weighted by molar-refractivity contribution is 6.24. The second kappa shape index (κ2) is 24.2. The number of anilines is 1. The quantitative estimate of drug-likeness (QED) is 0.0746. The van der Waals surface area contributed by atoms with Gasteiger partial charge in [0.05, 0.1) is 88.9 Å². The van der Waals surface area contributed by atoms with Crippen LogP contribution < -0.4 is 10.2 Å². The molecule has 1 aromatic carbocycles. The first kappa shape index (κ1) is 50.4. The maximum absolute atomic E-state index is 13.3. The van der Waals surface area contributed by atoms with E-state index in [9.17, 15) is 28.8 Å². The van der Waals surface area contributed by atoms with Crippen molar-refractivity contribution in [2.45, 2.75) is 63.5 Å². The molecule has 2 saturated heterocycles. The summed E-state index contributed by atoms with van der Waals surface area (Å²) in [4.78, 5) is 97.7. The summed E-state index contributed by atoms with van der Waals surface area (Å²) in [5, 5.41) is 3.06. The number of benzene rings is 1. The average molecular weight is 966 g/mol. The number of rotatable bonds is 25. The number of aromatic nitrogens is 4. The van der Waals surface area contributed by atoms with Crippen molar-refractivity contribution in [1.82, 2.24) is 39.5 Å². The molecule has 0 spiro atoms. The highest BCUT2D eigenvalue weighted by Gasteiger charge is 2.45. The number of ether oxygens (including phenoxy) is 5. The number of nitrogens with one attached hydrogen (secondary N) is 1. The standard InChI is InChI=1S/C50H63N9O11/c1-55(2)49(64)42-29-35-31-52-43(53-46(35)58(42)37-7-3-4-8-37)30-36-10-11-38(32-51-36)57-16-14-56(15-17-57)18-19-66-20-21-67-22-23-68-24-25-69-26-27-70-33-39(60)28-34-6-5-9-40-45(34)50(65)59(48(40)63)41-12-13-44(61)54-47(41)62/h5-6,9-11,29,31-32,37,41H,3-4,7-8,12-28,30,33H2,1-2H3,(H,54,61,62). The number of ketones is 1. The minimum absolute atomic E-state index is 0.0159. The van der Waals surface area contributed by atoms with E-state index in [1.807, 2.05) is 18.5 Å². The molecule has 1 saturated carbocycles. The van der Waals surface area contributed by atoms with E-state index in [1.54, 1.807) is 31.1 Å². The molecule has 1 aliphatic carbocycles. The van der Waals surface area contributed by atoms with Crippen LogP contribution in [0.2, 0.25) is 0 Å². The Hall–Kier alpha value is -6.03. The number of Topliss-reactive ketones (excluding diaryl/α,β-unsaturated/α-hetero) is 1. The number of nitrogens with zero attached hydrogens (tertiary/aromatic N) is 8. The molecule has 3 fully saturated rings. The van der Waals surface area contributed by atoms with E-state index in [4.69, 9.17) is 33.7 Å². The van der Waals surface area contributed by atoms with E-state index in [1.165, 1.54) is 6.07 Å². The predicted octanol–water partition coefficient (Wildman–Crippen LogP) is 2.65. The molecule has 0 bridgehead atoms. The summed E-state index contributed by atoms with van der Waals surface area (Å²) >= 11 is 0. The lowest BCUT2D eigenvalue weighted by Crippen LogP contribution is -2.54. The SMILES string of the molecule is CN(C)C(=O)c1cc2cnc(Cc3ccc(N4CCN(CCOCCOCCOCCOCCOCC(=O)Cc5cccc6c5C(=O)N(C5CCC(=O)NC5=O)C6=O)CC4)cn3)nc2n1C1CCCC1. The van der Waals surface area contributed by atoms with E-state index in [0.29, 0.717) is 69.8 Å². The molecular weight excluding hydrogens is 903 g/mol. The van der Waals surface area contributed by atoms with E-state index >= 15 is 0 Å². The van der Waals surface area contributed by atoms with E-state index in [0.717, 1.165) is 85.7 Å². The molecule has 3 aliphatic heterocycles. The van der Waals surface area contributed by atoms with Crippen LogP contribution in [-0.2, 0) is 50.9 Å². The van der Waals surface area contributed by atoms with Crippen LogP contribution in [0.4, 0.5) is 5.69 Å². The van der Waals surface area contributed by atoms with E-state index in [2.05, 4.69) is 36.8 Å². The largest absolute Gasteiger partial charge is 0.378 e. The number of piperidine rings is 1. The normalized spacial score (nSPS) is 17.8. The molecule has 20 nitrogen and oxygen atoms in total. The number of fused-ring (bicyclic) bond motifs is 2. The Labute approximate surface area is 406 Å². The second-order valence-electron chi connectivity index (χ2n) is 18.1. The summed E-state index contributed by atoms with van der Waals surface area (Å²) in [6.07, 6.45) is 8.65. The summed E-state index contributed by atoms with van der Waals surface area (Å²) in [5.74, 6) is -2.02. The van der Waals surface area contributed by atoms with Crippen LogP contribution in [0.25, 0.3) is 11.0 Å². The molecule has 1 N–H and O–H groups in total. The van der Waals surface area contributed by atoms with Gasteiger partial charge in [0.1, 0.15) is 29.8 Å². The molecule has 374 valence electrons. The van der Waals surface area contributed by atoms with E-state index in [-0.39, 0.29) is 67.9 Å². The Morgan fingerprint density at radius 2 is 1.46 bits per heavy atom. The fourth-order valence-corrected chi connectivity index (χ4v) is 9.41. The monoisotopic (exact) mass is 965 g/mol. The lowest BCUT2D eigenvalue weighted by molar-refractivity contribution is -0.136. The lowest BCUT2D eigenvalue weighted by atomic mass is 9.99. The van der Waals surface area contributed by atoms with Crippen molar-refractivity contribution in [2.75, 3.05) is 118 Å². The van der Waals surface area contributed by atoms with Gasteiger partial charge in [-0.15, -0.1) is 0 Å². The molecule has 20 heteroatoms. The molecule has 3 aromatic heterocycles. The zero-order valence-electron chi connectivity index (χ0n) is 40.1. The highest BCUT2D eigenvalue weighted by atomic mass is 16.6. The van der Waals surface area contributed by atoms with Gasteiger partial charge in [0.2, 0.25) is 11.8 Å². The third-order valence-corrected chi connectivity index (χ3v) is 13.1. The first-order valence-electron chi connectivity index (χ1n) is 24.3. The van der Waals surface area contributed by atoms with Crippen molar-refractivity contribution in [2.24, 2.45) is 0 Å².